The first-order chi connectivity index (χ1) is 11.9. The summed E-state index contributed by atoms with van der Waals surface area (Å²) >= 11 is 1.94. The molecule has 0 fully saturated rings. The fraction of sp³-hybridized carbons (Fsp3) is 0.0435. The molecule has 0 spiro atoms. The molecule has 4 aromatic carbocycles. The molecule has 0 amide bonds. The highest BCUT2D eigenvalue weighted by Gasteiger charge is 2.23. The Morgan fingerprint density at radius 2 is 1.33 bits per heavy atom. The average Bonchev–Trinajstić information content (AvgIpc) is 3.20. The summed E-state index contributed by atoms with van der Waals surface area (Å²) in [5, 5.41) is 5.55. The van der Waals surface area contributed by atoms with E-state index < -0.39 is 0 Å². The van der Waals surface area contributed by atoms with E-state index in [1.165, 1.54) is 53.2 Å². The Morgan fingerprint density at radius 3 is 2.29 bits per heavy atom. The number of hydrogen-bond donors (Lipinski definition) is 0. The lowest BCUT2D eigenvalue weighted by Crippen LogP contribution is -1.83. The second-order valence-corrected chi connectivity index (χ2v) is 7.61. The van der Waals surface area contributed by atoms with Crippen LogP contribution in [0.2, 0.25) is 0 Å². The van der Waals surface area contributed by atoms with Crippen molar-refractivity contribution in [2.75, 3.05) is 0 Å². The molecule has 1 heteroatoms. The molecule has 0 aliphatic heterocycles. The van der Waals surface area contributed by atoms with Gasteiger partial charge in [0.1, 0.15) is 0 Å². The van der Waals surface area contributed by atoms with Gasteiger partial charge in [-0.2, -0.15) is 0 Å². The number of hydrogen-bond acceptors (Lipinski definition) is 1. The molecule has 0 N–H and O–H groups in total. The summed E-state index contributed by atoms with van der Waals surface area (Å²) in [5.41, 5.74) is 5.85. The first-order valence-corrected chi connectivity index (χ1v) is 9.16. The highest BCUT2D eigenvalue weighted by Crippen LogP contribution is 2.46. The van der Waals surface area contributed by atoms with Gasteiger partial charge in [-0.3, -0.25) is 0 Å². The summed E-state index contributed by atoms with van der Waals surface area (Å²) in [4.78, 5) is 0. The van der Waals surface area contributed by atoms with Crippen LogP contribution in [0.3, 0.4) is 0 Å². The van der Waals surface area contributed by atoms with Crippen LogP contribution in [0, 0.1) is 0 Å². The summed E-state index contributed by atoms with van der Waals surface area (Å²) in [5.74, 6) is 0. The van der Waals surface area contributed by atoms with Gasteiger partial charge in [0.25, 0.3) is 0 Å². The zero-order valence-electron chi connectivity index (χ0n) is 13.0. The van der Waals surface area contributed by atoms with Crippen molar-refractivity contribution in [1.29, 1.82) is 0 Å². The summed E-state index contributed by atoms with van der Waals surface area (Å²) in [6, 6.07) is 26.7. The summed E-state index contributed by atoms with van der Waals surface area (Å²) < 4.78 is 2.86. The van der Waals surface area contributed by atoms with Gasteiger partial charge in [0.05, 0.1) is 0 Å². The molecule has 112 valence electrons. The highest BCUT2D eigenvalue weighted by molar-refractivity contribution is 7.26. The predicted octanol–water partition coefficient (Wildman–Crippen LogP) is 6.78. The molecule has 1 aromatic heterocycles. The smallest absolute Gasteiger partial charge is 0.0396 e. The molecular formula is C23H14S. The average molecular weight is 322 g/mol. The van der Waals surface area contributed by atoms with E-state index in [1.807, 2.05) is 11.3 Å². The van der Waals surface area contributed by atoms with Gasteiger partial charge in [-0.1, -0.05) is 66.7 Å². The van der Waals surface area contributed by atoms with Gasteiger partial charge in [0.2, 0.25) is 0 Å². The fourth-order valence-corrected chi connectivity index (χ4v) is 5.48. The van der Waals surface area contributed by atoms with Crippen LogP contribution in [0.5, 0.6) is 0 Å². The monoisotopic (exact) mass is 322 g/mol. The first kappa shape index (κ1) is 12.7. The standard InChI is InChI=1S/C23H14S/c1-2-6-15-14(5-1)9-10-16-17-11-12-19-18-7-3-4-8-22(18)24-23(19)21(17)13-20(15)16/h1-12H,13H2. The Hall–Kier alpha value is -2.64. The van der Waals surface area contributed by atoms with Crippen LogP contribution < -0.4 is 0 Å². The highest BCUT2D eigenvalue weighted by atomic mass is 32.1. The molecule has 5 aromatic rings. The van der Waals surface area contributed by atoms with Gasteiger partial charge >= 0.3 is 0 Å². The molecule has 0 nitrogen and oxygen atoms in total. The van der Waals surface area contributed by atoms with Gasteiger partial charge in [-0.25, -0.2) is 0 Å². The molecule has 1 aliphatic carbocycles. The van der Waals surface area contributed by atoms with E-state index in [2.05, 4.69) is 72.8 Å². The zero-order chi connectivity index (χ0) is 15.7. The van der Waals surface area contributed by atoms with Crippen molar-refractivity contribution >= 4 is 42.3 Å². The molecule has 0 saturated carbocycles. The molecule has 1 heterocycles. The van der Waals surface area contributed by atoms with E-state index in [4.69, 9.17) is 0 Å². The molecule has 1 aliphatic rings. The van der Waals surface area contributed by atoms with E-state index >= 15 is 0 Å². The Kier molecular flexibility index (Phi) is 2.37. The van der Waals surface area contributed by atoms with Gasteiger partial charge in [-0.15, -0.1) is 11.3 Å². The van der Waals surface area contributed by atoms with E-state index in [-0.39, 0.29) is 0 Å². The molecule has 6 rings (SSSR count). The molecular weight excluding hydrogens is 308 g/mol. The Morgan fingerprint density at radius 1 is 0.583 bits per heavy atom. The molecule has 24 heavy (non-hydrogen) atoms. The van der Waals surface area contributed by atoms with Crippen LogP contribution in [0.4, 0.5) is 0 Å². The van der Waals surface area contributed by atoms with Crippen molar-refractivity contribution in [3.8, 4) is 11.1 Å². The summed E-state index contributed by atoms with van der Waals surface area (Å²) in [6.07, 6.45) is 1.05. The maximum atomic E-state index is 2.33. The largest absolute Gasteiger partial charge is 0.135 e. The maximum Gasteiger partial charge on any atom is 0.0396 e. The van der Waals surface area contributed by atoms with Crippen LogP contribution >= 0.6 is 11.3 Å². The van der Waals surface area contributed by atoms with E-state index in [0.717, 1.165) is 6.42 Å². The number of rotatable bonds is 0. The molecule has 0 unspecified atom stereocenters. The van der Waals surface area contributed by atoms with Crippen LogP contribution in [-0.4, -0.2) is 0 Å². The van der Waals surface area contributed by atoms with E-state index in [1.54, 1.807) is 0 Å². The Balaban J connectivity index is 1.72. The lowest BCUT2D eigenvalue weighted by atomic mass is 9.99. The molecule has 0 saturated heterocycles. The third kappa shape index (κ3) is 1.53. The van der Waals surface area contributed by atoms with Crippen LogP contribution in [0.15, 0.2) is 72.8 Å². The second-order valence-electron chi connectivity index (χ2n) is 6.56. The minimum atomic E-state index is 1.05. The maximum absolute atomic E-state index is 2.33. The third-order valence-electron chi connectivity index (χ3n) is 5.33. The topological polar surface area (TPSA) is 0 Å². The third-order valence-corrected chi connectivity index (χ3v) is 6.58. The molecule has 0 radical (unpaired) electrons. The van der Waals surface area contributed by atoms with Crippen LogP contribution in [0.25, 0.3) is 42.1 Å². The Labute approximate surface area is 144 Å². The van der Waals surface area contributed by atoms with Crippen molar-refractivity contribution in [3.05, 3.63) is 83.9 Å². The quantitative estimate of drug-likeness (QED) is 0.289. The minimum absolute atomic E-state index is 1.05. The summed E-state index contributed by atoms with van der Waals surface area (Å²) in [6.45, 7) is 0. The van der Waals surface area contributed by atoms with Crippen molar-refractivity contribution in [2.24, 2.45) is 0 Å². The zero-order valence-corrected chi connectivity index (χ0v) is 13.9. The fourth-order valence-electron chi connectivity index (χ4n) is 4.23. The van der Waals surface area contributed by atoms with Crippen molar-refractivity contribution in [1.82, 2.24) is 0 Å². The van der Waals surface area contributed by atoms with Gasteiger partial charge in [-0.05, 0) is 39.1 Å². The number of benzene rings is 4. The van der Waals surface area contributed by atoms with Gasteiger partial charge in [0.15, 0.2) is 0 Å². The second kappa shape index (κ2) is 4.46. The van der Waals surface area contributed by atoms with Crippen molar-refractivity contribution < 1.29 is 0 Å². The van der Waals surface area contributed by atoms with Gasteiger partial charge < -0.3 is 0 Å². The van der Waals surface area contributed by atoms with E-state index in [0.29, 0.717) is 0 Å². The normalized spacial score (nSPS) is 12.8. The predicted molar refractivity (Wildman–Crippen MR) is 105 cm³/mol. The van der Waals surface area contributed by atoms with Crippen LogP contribution in [-0.2, 0) is 6.42 Å². The van der Waals surface area contributed by atoms with Crippen molar-refractivity contribution in [2.45, 2.75) is 6.42 Å². The molecule has 0 atom stereocenters. The Bertz CT molecular complexity index is 1270. The first-order valence-electron chi connectivity index (χ1n) is 8.34. The SMILES string of the molecule is c1ccc2c3c(ccc2c1)-c1ccc2c(sc4ccccc42)c1C3. The minimum Gasteiger partial charge on any atom is -0.135 e. The summed E-state index contributed by atoms with van der Waals surface area (Å²) in [7, 11) is 0. The molecule has 0 bridgehead atoms. The lowest BCUT2D eigenvalue weighted by molar-refractivity contribution is 1.31. The van der Waals surface area contributed by atoms with E-state index in [9.17, 15) is 0 Å². The van der Waals surface area contributed by atoms with Crippen molar-refractivity contribution in [3.63, 3.8) is 0 Å². The number of fused-ring (bicyclic) bond motifs is 9. The van der Waals surface area contributed by atoms with Crippen LogP contribution in [0.1, 0.15) is 11.1 Å². The number of thiophene rings is 1. The lowest BCUT2D eigenvalue weighted by Gasteiger charge is -2.05. The van der Waals surface area contributed by atoms with Gasteiger partial charge in [0, 0.05) is 26.6 Å².